The average Bonchev–Trinajstić information content (AvgIpc) is 2.66. The molecule has 2 aromatic rings. The van der Waals surface area contributed by atoms with Crippen molar-refractivity contribution in [1.82, 2.24) is 4.57 Å². The van der Waals surface area contributed by atoms with E-state index in [0.717, 1.165) is 16.5 Å². The zero-order valence-corrected chi connectivity index (χ0v) is 13.8. The summed E-state index contributed by atoms with van der Waals surface area (Å²) in [4.78, 5) is 0. The highest BCUT2D eigenvalue weighted by atomic mass is 35.5. The van der Waals surface area contributed by atoms with Crippen LogP contribution in [0.4, 0.5) is 0 Å². The molecular formula is C15H20ClNO2S. The Morgan fingerprint density at radius 2 is 1.85 bits per heavy atom. The first kappa shape index (κ1) is 15.4. The SMILES string of the molecule is CC(C)n1cc(CS(=O)(=O)C(C)C)c2ccc(Cl)cc21. The first-order valence-corrected chi connectivity index (χ1v) is 8.82. The Kier molecular flexibility index (Phi) is 4.17. The molecule has 3 nitrogen and oxygen atoms in total. The molecule has 0 atom stereocenters. The fourth-order valence-electron chi connectivity index (χ4n) is 2.22. The van der Waals surface area contributed by atoms with Crippen molar-refractivity contribution in [3.8, 4) is 0 Å². The minimum Gasteiger partial charge on any atom is -0.345 e. The lowest BCUT2D eigenvalue weighted by Gasteiger charge is -2.09. The number of nitrogens with zero attached hydrogens (tertiary/aromatic N) is 1. The Bertz CT molecular complexity index is 730. The first-order valence-electron chi connectivity index (χ1n) is 6.73. The quantitative estimate of drug-likeness (QED) is 0.848. The molecule has 0 amide bonds. The third-order valence-corrected chi connectivity index (χ3v) is 5.90. The first-order chi connectivity index (χ1) is 9.22. The van der Waals surface area contributed by atoms with Crippen LogP contribution in [0.2, 0.25) is 5.02 Å². The Morgan fingerprint density at radius 1 is 1.20 bits per heavy atom. The van der Waals surface area contributed by atoms with E-state index in [0.29, 0.717) is 5.02 Å². The Hall–Kier alpha value is -1.00. The molecule has 1 aromatic carbocycles. The summed E-state index contributed by atoms with van der Waals surface area (Å²) in [6, 6.07) is 5.86. The highest BCUT2D eigenvalue weighted by Crippen LogP contribution is 2.29. The van der Waals surface area contributed by atoms with Crippen LogP contribution < -0.4 is 0 Å². The summed E-state index contributed by atoms with van der Waals surface area (Å²) in [6.45, 7) is 7.57. The van der Waals surface area contributed by atoms with Gasteiger partial charge in [0.2, 0.25) is 0 Å². The van der Waals surface area contributed by atoms with Gasteiger partial charge in [0.25, 0.3) is 0 Å². The Morgan fingerprint density at radius 3 is 2.40 bits per heavy atom. The Labute approximate surface area is 125 Å². The molecule has 0 N–H and O–H groups in total. The lowest BCUT2D eigenvalue weighted by Crippen LogP contribution is -2.15. The van der Waals surface area contributed by atoms with Crippen molar-refractivity contribution in [1.29, 1.82) is 0 Å². The molecule has 0 aliphatic heterocycles. The van der Waals surface area contributed by atoms with Gasteiger partial charge in [-0.1, -0.05) is 17.7 Å². The highest BCUT2D eigenvalue weighted by Gasteiger charge is 2.20. The number of hydrogen-bond acceptors (Lipinski definition) is 2. The summed E-state index contributed by atoms with van der Waals surface area (Å²) in [5.41, 5.74) is 1.83. The summed E-state index contributed by atoms with van der Waals surface area (Å²) in [7, 11) is -3.11. The van der Waals surface area contributed by atoms with Crippen molar-refractivity contribution >= 4 is 32.3 Å². The standard InChI is InChI=1S/C15H20ClNO2S/c1-10(2)17-8-12(9-20(18,19)11(3)4)14-6-5-13(16)7-15(14)17/h5-8,10-11H,9H2,1-4H3. The lowest BCUT2D eigenvalue weighted by molar-refractivity contribution is 0.586. The van der Waals surface area contributed by atoms with Crippen molar-refractivity contribution in [3.63, 3.8) is 0 Å². The number of halogens is 1. The van der Waals surface area contributed by atoms with Crippen LogP contribution in [0.5, 0.6) is 0 Å². The maximum Gasteiger partial charge on any atom is 0.156 e. The van der Waals surface area contributed by atoms with Gasteiger partial charge in [-0.15, -0.1) is 0 Å². The second kappa shape index (κ2) is 5.41. The number of sulfone groups is 1. The second-order valence-electron chi connectivity index (χ2n) is 5.67. The topological polar surface area (TPSA) is 39.1 Å². The Balaban J connectivity index is 2.61. The predicted molar refractivity (Wildman–Crippen MR) is 85.1 cm³/mol. The zero-order chi connectivity index (χ0) is 15.1. The third-order valence-electron chi connectivity index (χ3n) is 3.51. The van der Waals surface area contributed by atoms with Crippen LogP contribution in [-0.4, -0.2) is 18.2 Å². The van der Waals surface area contributed by atoms with E-state index >= 15 is 0 Å². The van der Waals surface area contributed by atoms with Crippen LogP contribution in [0.25, 0.3) is 10.9 Å². The van der Waals surface area contributed by atoms with Gasteiger partial charge in [-0.25, -0.2) is 8.42 Å². The van der Waals surface area contributed by atoms with Gasteiger partial charge in [-0.2, -0.15) is 0 Å². The molecule has 0 radical (unpaired) electrons. The third kappa shape index (κ3) is 2.86. The van der Waals surface area contributed by atoms with E-state index < -0.39 is 9.84 Å². The van der Waals surface area contributed by atoms with Crippen molar-refractivity contribution in [3.05, 3.63) is 35.0 Å². The molecule has 0 fully saturated rings. The largest absolute Gasteiger partial charge is 0.345 e. The molecule has 0 spiro atoms. The zero-order valence-electron chi connectivity index (χ0n) is 12.2. The molecule has 20 heavy (non-hydrogen) atoms. The smallest absolute Gasteiger partial charge is 0.156 e. The van der Waals surface area contributed by atoms with Gasteiger partial charge in [0.05, 0.1) is 16.5 Å². The summed E-state index contributed by atoms with van der Waals surface area (Å²) in [6.07, 6.45) is 1.94. The minimum atomic E-state index is -3.11. The van der Waals surface area contributed by atoms with Crippen molar-refractivity contribution < 1.29 is 8.42 Å². The maximum absolute atomic E-state index is 12.2. The number of aromatic nitrogens is 1. The summed E-state index contributed by atoms with van der Waals surface area (Å²) in [5, 5.41) is 1.26. The summed E-state index contributed by atoms with van der Waals surface area (Å²) >= 11 is 6.06. The fourth-order valence-corrected chi connectivity index (χ4v) is 3.39. The molecule has 5 heteroatoms. The van der Waals surface area contributed by atoms with Crippen LogP contribution in [-0.2, 0) is 15.6 Å². The van der Waals surface area contributed by atoms with Gasteiger partial charge in [0.1, 0.15) is 0 Å². The molecule has 1 aromatic heterocycles. The van der Waals surface area contributed by atoms with Gasteiger partial charge in [-0.3, -0.25) is 0 Å². The van der Waals surface area contributed by atoms with E-state index in [1.807, 2.05) is 18.3 Å². The molecule has 0 saturated heterocycles. The number of fused-ring (bicyclic) bond motifs is 1. The van der Waals surface area contributed by atoms with Crippen molar-refractivity contribution in [2.45, 2.75) is 44.7 Å². The van der Waals surface area contributed by atoms with E-state index in [1.54, 1.807) is 19.9 Å². The molecule has 110 valence electrons. The van der Waals surface area contributed by atoms with Gasteiger partial charge in [0, 0.05) is 22.6 Å². The van der Waals surface area contributed by atoms with Gasteiger partial charge in [-0.05, 0) is 45.4 Å². The number of hydrogen-bond donors (Lipinski definition) is 0. The normalized spacial score (nSPS) is 12.8. The molecular weight excluding hydrogens is 294 g/mol. The van der Waals surface area contributed by atoms with Gasteiger partial charge in [0.15, 0.2) is 9.84 Å². The highest BCUT2D eigenvalue weighted by molar-refractivity contribution is 7.91. The van der Waals surface area contributed by atoms with Crippen LogP contribution in [0.1, 0.15) is 39.3 Å². The molecule has 0 aliphatic rings. The number of rotatable bonds is 4. The number of benzene rings is 1. The van der Waals surface area contributed by atoms with E-state index in [1.165, 1.54) is 0 Å². The van der Waals surface area contributed by atoms with Gasteiger partial charge < -0.3 is 4.57 Å². The summed E-state index contributed by atoms with van der Waals surface area (Å²) in [5.74, 6) is 0.0719. The lowest BCUT2D eigenvalue weighted by atomic mass is 10.2. The summed E-state index contributed by atoms with van der Waals surface area (Å²) < 4.78 is 26.4. The van der Waals surface area contributed by atoms with Crippen molar-refractivity contribution in [2.24, 2.45) is 0 Å². The molecule has 0 bridgehead atoms. The molecule has 0 unspecified atom stereocenters. The molecule has 2 rings (SSSR count). The van der Waals surface area contributed by atoms with Crippen LogP contribution >= 0.6 is 11.6 Å². The minimum absolute atomic E-state index is 0.0719. The average molecular weight is 314 g/mol. The second-order valence-corrected chi connectivity index (χ2v) is 8.67. The molecule has 0 aliphatic carbocycles. The predicted octanol–water partition coefficient (Wildman–Crippen LogP) is 4.20. The molecule has 1 heterocycles. The van der Waals surface area contributed by atoms with Crippen LogP contribution in [0.3, 0.4) is 0 Å². The van der Waals surface area contributed by atoms with Crippen LogP contribution in [0.15, 0.2) is 24.4 Å². The van der Waals surface area contributed by atoms with Gasteiger partial charge >= 0.3 is 0 Å². The monoisotopic (exact) mass is 313 g/mol. The van der Waals surface area contributed by atoms with E-state index in [9.17, 15) is 8.42 Å². The van der Waals surface area contributed by atoms with E-state index in [2.05, 4.69) is 18.4 Å². The van der Waals surface area contributed by atoms with E-state index in [4.69, 9.17) is 11.6 Å². The maximum atomic E-state index is 12.2. The van der Waals surface area contributed by atoms with Crippen LogP contribution in [0, 0.1) is 0 Å². The fraction of sp³-hybridized carbons (Fsp3) is 0.467. The molecule has 0 saturated carbocycles. The van der Waals surface area contributed by atoms with E-state index in [-0.39, 0.29) is 17.0 Å². The van der Waals surface area contributed by atoms with Crippen molar-refractivity contribution in [2.75, 3.05) is 0 Å².